The summed E-state index contributed by atoms with van der Waals surface area (Å²) in [5.74, 6) is 0.159. The van der Waals surface area contributed by atoms with Crippen molar-refractivity contribution in [2.24, 2.45) is 0 Å². The summed E-state index contributed by atoms with van der Waals surface area (Å²) in [6, 6.07) is 18.4. The molecule has 0 fully saturated rings. The van der Waals surface area contributed by atoms with E-state index in [-0.39, 0.29) is 17.5 Å². The SMILES string of the molecule is Cc1ccc(-n2c(SCC(=O)NCCc3cccs3)nnc2-c2ccccc2F)cc1. The van der Waals surface area contributed by atoms with E-state index < -0.39 is 0 Å². The van der Waals surface area contributed by atoms with Gasteiger partial charge >= 0.3 is 0 Å². The number of hydrogen-bond donors (Lipinski definition) is 1. The van der Waals surface area contributed by atoms with Crippen LogP contribution in [0.2, 0.25) is 0 Å². The number of nitrogens with zero attached hydrogens (tertiary/aromatic N) is 3. The lowest BCUT2D eigenvalue weighted by Crippen LogP contribution is -2.27. The van der Waals surface area contributed by atoms with Crippen LogP contribution in [0, 0.1) is 12.7 Å². The van der Waals surface area contributed by atoms with Crippen LogP contribution < -0.4 is 5.32 Å². The fourth-order valence-electron chi connectivity index (χ4n) is 3.07. The Morgan fingerprint density at radius 2 is 1.90 bits per heavy atom. The van der Waals surface area contributed by atoms with Crippen molar-refractivity contribution in [2.75, 3.05) is 12.3 Å². The molecule has 1 amide bonds. The highest BCUT2D eigenvalue weighted by Crippen LogP contribution is 2.29. The molecular weight excluding hydrogens is 431 g/mol. The van der Waals surface area contributed by atoms with Gasteiger partial charge in [0, 0.05) is 17.1 Å². The van der Waals surface area contributed by atoms with E-state index in [1.54, 1.807) is 34.1 Å². The number of benzene rings is 2. The molecule has 2 aromatic heterocycles. The van der Waals surface area contributed by atoms with E-state index in [0.717, 1.165) is 17.7 Å². The molecule has 31 heavy (non-hydrogen) atoms. The first kappa shape index (κ1) is 21.3. The number of thiophene rings is 1. The first-order chi connectivity index (χ1) is 15.1. The highest BCUT2D eigenvalue weighted by atomic mass is 32.2. The number of halogens is 1. The third-order valence-electron chi connectivity index (χ3n) is 4.65. The van der Waals surface area contributed by atoms with Crippen molar-refractivity contribution in [3.63, 3.8) is 0 Å². The van der Waals surface area contributed by atoms with Crippen LogP contribution in [0.15, 0.2) is 71.2 Å². The van der Waals surface area contributed by atoms with E-state index in [1.165, 1.54) is 22.7 Å². The quantitative estimate of drug-likeness (QED) is 0.387. The molecule has 0 aliphatic rings. The molecule has 4 aromatic rings. The summed E-state index contributed by atoms with van der Waals surface area (Å²) in [5, 5.41) is 14.0. The molecule has 0 spiro atoms. The lowest BCUT2D eigenvalue weighted by atomic mass is 10.2. The second-order valence-corrected chi connectivity index (χ2v) is 8.90. The first-order valence-electron chi connectivity index (χ1n) is 9.81. The van der Waals surface area contributed by atoms with Crippen molar-refractivity contribution in [2.45, 2.75) is 18.5 Å². The van der Waals surface area contributed by atoms with Crippen molar-refractivity contribution < 1.29 is 9.18 Å². The van der Waals surface area contributed by atoms with Gasteiger partial charge in [0.05, 0.1) is 11.3 Å². The third-order valence-corrected chi connectivity index (χ3v) is 6.51. The minimum absolute atomic E-state index is 0.0764. The number of rotatable bonds is 8. The predicted octanol–water partition coefficient (Wildman–Crippen LogP) is 4.89. The summed E-state index contributed by atoms with van der Waals surface area (Å²) in [7, 11) is 0. The van der Waals surface area contributed by atoms with Gasteiger partial charge < -0.3 is 5.32 Å². The smallest absolute Gasteiger partial charge is 0.230 e. The molecule has 5 nitrogen and oxygen atoms in total. The summed E-state index contributed by atoms with van der Waals surface area (Å²) in [5.41, 5.74) is 2.29. The van der Waals surface area contributed by atoms with Gasteiger partial charge in [-0.05, 0) is 49.1 Å². The lowest BCUT2D eigenvalue weighted by molar-refractivity contribution is -0.118. The van der Waals surface area contributed by atoms with E-state index in [1.807, 2.05) is 42.6 Å². The van der Waals surface area contributed by atoms with Gasteiger partial charge in [-0.3, -0.25) is 9.36 Å². The molecule has 8 heteroatoms. The van der Waals surface area contributed by atoms with Gasteiger partial charge in [0.25, 0.3) is 0 Å². The average molecular weight is 453 g/mol. The topological polar surface area (TPSA) is 59.8 Å². The summed E-state index contributed by atoms with van der Waals surface area (Å²) in [6.07, 6.45) is 0.811. The number of nitrogens with one attached hydrogen (secondary N) is 1. The molecule has 0 saturated carbocycles. The highest BCUT2D eigenvalue weighted by molar-refractivity contribution is 7.99. The van der Waals surface area contributed by atoms with Crippen molar-refractivity contribution in [3.8, 4) is 17.1 Å². The largest absolute Gasteiger partial charge is 0.355 e. The number of aromatic nitrogens is 3. The van der Waals surface area contributed by atoms with E-state index in [4.69, 9.17) is 0 Å². The van der Waals surface area contributed by atoms with Gasteiger partial charge in [0.1, 0.15) is 5.82 Å². The molecule has 0 saturated heterocycles. The van der Waals surface area contributed by atoms with Crippen LogP contribution in [0.25, 0.3) is 17.1 Å². The maximum absolute atomic E-state index is 14.5. The van der Waals surface area contributed by atoms with Crippen molar-refractivity contribution in [3.05, 3.63) is 82.3 Å². The zero-order chi connectivity index (χ0) is 21.6. The van der Waals surface area contributed by atoms with Gasteiger partial charge in [0.15, 0.2) is 11.0 Å². The molecule has 0 atom stereocenters. The molecule has 2 aromatic carbocycles. The molecule has 2 heterocycles. The standard InChI is InChI=1S/C23H21FN4OS2/c1-16-8-10-17(11-9-16)28-22(19-6-2-3-7-20(19)24)26-27-23(28)31-15-21(29)25-13-12-18-5-4-14-30-18/h2-11,14H,12-13,15H2,1H3,(H,25,29). The van der Waals surface area contributed by atoms with Crippen molar-refractivity contribution >= 4 is 29.0 Å². The molecule has 0 aliphatic heterocycles. The Bertz CT molecular complexity index is 1160. The second-order valence-electron chi connectivity index (χ2n) is 6.92. The summed E-state index contributed by atoms with van der Waals surface area (Å²) < 4.78 is 16.3. The monoisotopic (exact) mass is 452 g/mol. The average Bonchev–Trinajstić information content (AvgIpc) is 3.43. The normalized spacial score (nSPS) is 10.9. The Labute approximate surface area is 188 Å². The van der Waals surface area contributed by atoms with Crippen LogP contribution in [0.5, 0.6) is 0 Å². The zero-order valence-electron chi connectivity index (χ0n) is 16.9. The molecule has 4 rings (SSSR count). The minimum atomic E-state index is -0.369. The number of amides is 1. The summed E-state index contributed by atoms with van der Waals surface area (Å²) in [4.78, 5) is 13.6. The Morgan fingerprint density at radius 3 is 2.65 bits per heavy atom. The van der Waals surface area contributed by atoms with Crippen LogP contribution in [-0.2, 0) is 11.2 Å². The minimum Gasteiger partial charge on any atom is -0.355 e. The molecule has 158 valence electrons. The number of carbonyl (C=O) groups is 1. The Hall–Kier alpha value is -2.97. The van der Waals surface area contributed by atoms with E-state index in [2.05, 4.69) is 21.6 Å². The Morgan fingerprint density at radius 1 is 1.10 bits per heavy atom. The van der Waals surface area contributed by atoms with Gasteiger partial charge in [-0.25, -0.2) is 4.39 Å². The van der Waals surface area contributed by atoms with Gasteiger partial charge in [-0.15, -0.1) is 21.5 Å². The lowest BCUT2D eigenvalue weighted by Gasteiger charge is -2.11. The van der Waals surface area contributed by atoms with Crippen molar-refractivity contribution in [1.29, 1.82) is 0 Å². The first-order valence-corrected chi connectivity index (χ1v) is 11.7. The number of hydrogen-bond acceptors (Lipinski definition) is 5. The Balaban J connectivity index is 1.52. The van der Waals surface area contributed by atoms with Crippen LogP contribution in [0.3, 0.4) is 0 Å². The van der Waals surface area contributed by atoms with Crippen LogP contribution >= 0.6 is 23.1 Å². The highest BCUT2D eigenvalue weighted by Gasteiger charge is 2.19. The zero-order valence-corrected chi connectivity index (χ0v) is 18.5. The summed E-state index contributed by atoms with van der Waals surface area (Å²) >= 11 is 2.96. The fraction of sp³-hybridized carbons (Fsp3) is 0.174. The van der Waals surface area contributed by atoms with Crippen LogP contribution in [-0.4, -0.2) is 33.0 Å². The molecule has 0 bridgehead atoms. The van der Waals surface area contributed by atoms with E-state index in [9.17, 15) is 9.18 Å². The predicted molar refractivity (Wildman–Crippen MR) is 123 cm³/mol. The maximum atomic E-state index is 14.5. The Kier molecular flexibility index (Phi) is 6.79. The number of thioether (sulfide) groups is 1. The van der Waals surface area contributed by atoms with Gasteiger partial charge in [0.2, 0.25) is 5.91 Å². The maximum Gasteiger partial charge on any atom is 0.230 e. The fourth-order valence-corrected chi connectivity index (χ4v) is 4.56. The molecule has 0 unspecified atom stereocenters. The second kappa shape index (κ2) is 9.89. The van der Waals surface area contributed by atoms with Crippen molar-refractivity contribution in [1.82, 2.24) is 20.1 Å². The van der Waals surface area contributed by atoms with Crippen LogP contribution in [0.1, 0.15) is 10.4 Å². The molecule has 0 aliphatic carbocycles. The molecular formula is C23H21FN4OS2. The van der Waals surface area contributed by atoms with E-state index in [0.29, 0.717) is 23.1 Å². The molecule has 1 N–H and O–H groups in total. The van der Waals surface area contributed by atoms with Crippen LogP contribution in [0.4, 0.5) is 4.39 Å². The number of carbonyl (C=O) groups excluding carboxylic acids is 1. The third kappa shape index (κ3) is 5.21. The van der Waals surface area contributed by atoms with Gasteiger partial charge in [-0.2, -0.15) is 0 Å². The van der Waals surface area contributed by atoms with E-state index >= 15 is 0 Å². The molecule has 0 radical (unpaired) electrons. The van der Waals surface area contributed by atoms with Gasteiger partial charge in [-0.1, -0.05) is 47.7 Å². The summed E-state index contributed by atoms with van der Waals surface area (Å²) in [6.45, 7) is 2.59. The number of aryl methyl sites for hydroxylation is 1.